The smallest absolute Gasteiger partial charge is 0.124 e. The first-order valence-electron chi connectivity index (χ1n) is 6.89. The molecule has 0 saturated carbocycles. The van der Waals surface area contributed by atoms with E-state index in [0.29, 0.717) is 0 Å². The fourth-order valence-electron chi connectivity index (χ4n) is 2.43. The molecule has 1 unspecified atom stereocenters. The SMILES string of the molecule is CCNC(c1ccc(OC)cc1C)c1ccc(F)cc1Br. The topological polar surface area (TPSA) is 21.3 Å². The molecule has 0 amide bonds. The van der Waals surface area contributed by atoms with E-state index >= 15 is 0 Å². The van der Waals surface area contributed by atoms with E-state index in [1.165, 1.54) is 12.1 Å². The van der Waals surface area contributed by atoms with E-state index in [9.17, 15) is 4.39 Å². The van der Waals surface area contributed by atoms with E-state index in [2.05, 4.69) is 41.2 Å². The molecule has 0 fully saturated rings. The first kappa shape index (κ1) is 16.0. The molecule has 2 aromatic carbocycles. The lowest BCUT2D eigenvalue weighted by atomic mass is 9.94. The Hall–Kier alpha value is -1.39. The van der Waals surface area contributed by atoms with Gasteiger partial charge in [-0.2, -0.15) is 0 Å². The fourth-order valence-corrected chi connectivity index (χ4v) is 3.01. The summed E-state index contributed by atoms with van der Waals surface area (Å²) in [5.74, 6) is 0.594. The van der Waals surface area contributed by atoms with Gasteiger partial charge in [0, 0.05) is 4.47 Å². The Morgan fingerprint density at radius 2 is 1.90 bits per heavy atom. The Bertz CT molecular complexity index is 630. The van der Waals surface area contributed by atoms with Crippen LogP contribution in [0.3, 0.4) is 0 Å². The van der Waals surface area contributed by atoms with Gasteiger partial charge in [-0.1, -0.05) is 35.0 Å². The lowest BCUT2D eigenvalue weighted by molar-refractivity contribution is 0.414. The zero-order chi connectivity index (χ0) is 15.4. The molecule has 112 valence electrons. The lowest BCUT2D eigenvalue weighted by Crippen LogP contribution is -2.23. The Morgan fingerprint density at radius 3 is 2.48 bits per heavy atom. The summed E-state index contributed by atoms with van der Waals surface area (Å²) >= 11 is 3.46. The summed E-state index contributed by atoms with van der Waals surface area (Å²) in [6.07, 6.45) is 0. The molecule has 1 atom stereocenters. The van der Waals surface area contributed by atoms with Gasteiger partial charge >= 0.3 is 0 Å². The second-order valence-corrected chi connectivity index (χ2v) is 5.73. The van der Waals surface area contributed by atoms with Gasteiger partial charge in [-0.25, -0.2) is 4.39 Å². The molecule has 2 nitrogen and oxygen atoms in total. The van der Waals surface area contributed by atoms with Gasteiger partial charge in [0.25, 0.3) is 0 Å². The van der Waals surface area contributed by atoms with Crippen LogP contribution in [0.15, 0.2) is 40.9 Å². The van der Waals surface area contributed by atoms with E-state index in [-0.39, 0.29) is 11.9 Å². The first-order chi connectivity index (χ1) is 10.1. The average molecular weight is 352 g/mol. The highest BCUT2D eigenvalue weighted by Crippen LogP contribution is 2.32. The predicted octanol–water partition coefficient (Wildman–Crippen LogP) is 4.60. The maximum Gasteiger partial charge on any atom is 0.124 e. The van der Waals surface area contributed by atoms with Gasteiger partial charge in [0.2, 0.25) is 0 Å². The predicted molar refractivity (Wildman–Crippen MR) is 87.4 cm³/mol. The van der Waals surface area contributed by atoms with Crippen molar-refractivity contribution >= 4 is 15.9 Å². The van der Waals surface area contributed by atoms with Crippen LogP contribution < -0.4 is 10.1 Å². The molecule has 0 bridgehead atoms. The van der Waals surface area contributed by atoms with E-state index in [4.69, 9.17) is 4.74 Å². The summed E-state index contributed by atoms with van der Waals surface area (Å²) in [6.45, 7) is 4.93. The Labute approximate surface area is 133 Å². The fraction of sp³-hybridized carbons (Fsp3) is 0.294. The maximum atomic E-state index is 13.3. The Balaban J connectivity index is 2.48. The number of ether oxygens (including phenoxy) is 1. The van der Waals surface area contributed by atoms with Crippen LogP contribution >= 0.6 is 15.9 Å². The van der Waals surface area contributed by atoms with Crippen molar-refractivity contribution in [3.8, 4) is 5.75 Å². The number of rotatable bonds is 5. The molecular formula is C17H19BrFNO. The largest absolute Gasteiger partial charge is 0.497 e. The summed E-state index contributed by atoms with van der Waals surface area (Å²) in [7, 11) is 1.66. The third-order valence-electron chi connectivity index (χ3n) is 3.47. The zero-order valence-electron chi connectivity index (χ0n) is 12.4. The average Bonchev–Trinajstić information content (AvgIpc) is 2.46. The zero-order valence-corrected chi connectivity index (χ0v) is 14.0. The molecule has 0 spiro atoms. The molecule has 0 saturated heterocycles. The van der Waals surface area contributed by atoms with Crippen LogP contribution in [0.4, 0.5) is 4.39 Å². The quantitative estimate of drug-likeness (QED) is 0.849. The first-order valence-corrected chi connectivity index (χ1v) is 7.69. The van der Waals surface area contributed by atoms with Crippen molar-refractivity contribution in [3.63, 3.8) is 0 Å². The van der Waals surface area contributed by atoms with Gasteiger partial charge in [-0.3, -0.25) is 0 Å². The number of methoxy groups -OCH3 is 1. The van der Waals surface area contributed by atoms with Crippen molar-refractivity contribution in [3.05, 3.63) is 63.4 Å². The molecule has 2 rings (SSSR count). The number of aryl methyl sites for hydroxylation is 1. The van der Waals surface area contributed by atoms with Crippen molar-refractivity contribution in [1.29, 1.82) is 0 Å². The summed E-state index contributed by atoms with van der Waals surface area (Å²) in [5.41, 5.74) is 3.31. The van der Waals surface area contributed by atoms with Crippen LogP contribution in [0, 0.1) is 12.7 Å². The van der Waals surface area contributed by atoms with Crippen LogP contribution in [0.2, 0.25) is 0 Å². The van der Waals surface area contributed by atoms with Crippen molar-refractivity contribution in [2.45, 2.75) is 19.9 Å². The summed E-state index contributed by atoms with van der Waals surface area (Å²) in [4.78, 5) is 0. The maximum absolute atomic E-state index is 13.3. The van der Waals surface area contributed by atoms with Gasteiger partial charge in [0.1, 0.15) is 11.6 Å². The van der Waals surface area contributed by atoms with E-state index in [1.54, 1.807) is 7.11 Å². The lowest BCUT2D eigenvalue weighted by Gasteiger charge is -2.22. The summed E-state index contributed by atoms with van der Waals surface area (Å²) in [5, 5.41) is 3.46. The summed E-state index contributed by atoms with van der Waals surface area (Å²) in [6, 6.07) is 10.8. The number of hydrogen-bond donors (Lipinski definition) is 1. The second kappa shape index (κ2) is 7.05. The molecule has 2 aromatic rings. The molecule has 4 heteroatoms. The second-order valence-electron chi connectivity index (χ2n) is 4.88. The van der Waals surface area contributed by atoms with Gasteiger partial charge in [-0.15, -0.1) is 0 Å². The molecule has 0 aliphatic heterocycles. The monoisotopic (exact) mass is 351 g/mol. The molecule has 0 heterocycles. The minimum Gasteiger partial charge on any atom is -0.497 e. The highest BCUT2D eigenvalue weighted by Gasteiger charge is 2.18. The molecule has 21 heavy (non-hydrogen) atoms. The van der Waals surface area contributed by atoms with Crippen molar-refractivity contribution < 1.29 is 9.13 Å². The number of nitrogens with one attached hydrogen (secondary N) is 1. The van der Waals surface area contributed by atoms with Crippen LogP contribution in [-0.2, 0) is 0 Å². The molecule has 0 aromatic heterocycles. The molecule has 0 aliphatic carbocycles. The number of halogens is 2. The van der Waals surface area contributed by atoms with Gasteiger partial charge in [0.15, 0.2) is 0 Å². The third kappa shape index (κ3) is 3.63. The van der Waals surface area contributed by atoms with Crippen molar-refractivity contribution in [2.75, 3.05) is 13.7 Å². The van der Waals surface area contributed by atoms with Crippen molar-refractivity contribution in [1.82, 2.24) is 5.32 Å². The third-order valence-corrected chi connectivity index (χ3v) is 4.16. The van der Waals surface area contributed by atoms with Crippen LogP contribution in [0.1, 0.15) is 29.7 Å². The van der Waals surface area contributed by atoms with Crippen LogP contribution in [-0.4, -0.2) is 13.7 Å². The summed E-state index contributed by atoms with van der Waals surface area (Å²) < 4.78 is 19.3. The van der Waals surface area contributed by atoms with E-state index in [0.717, 1.165) is 33.5 Å². The van der Waals surface area contributed by atoms with Crippen molar-refractivity contribution in [2.24, 2.45) is 0 Å². The van der Waals surface area contributed by atoms with E-state index < -0.39 is 0 Å². The number of hydrogen-bond acceptors (Lipinski definition) is 2. The minimum atomic E-state index is -0.243. The van der Waals surface area contributed by atoms with Crippen LogP contribution in [0.25, 0.3) is 0 Å². The standard InChI is InChI=1S/C17H19BrFNO/c1-4-20-17(15-7-5-12(19)10-16(15)18)14-8-6-13(21-3)9-11(14)2/h5-10,17,20H,4H2,1-3H3. The molecule has 1 N–H and O–H groups in total. The number of benzene rings is 2. The minimum absolute atomic E-state index is 0.0101. The normalized spacial score (nSPS) is 12.2. The molecule has 0 radical (unpaired) electrons. The highest BCUT2D eigenvalue weighted by atomic mass is 79.9. The Kier molecular flexibility index (Phi) is 5.37. The van der Waals surface area contributed by atoms with Gasteiger partial charge in [0.05, 0.1) is 13.2 Å². The van der Waals surface area contributed by atoms with Gasteiger partial charge < -0.3 is 10.1 Å². The molecule has 0 aliphatic rings. The van der Waals surface area contributed by atoms with Gasteiger partial charge in [-0.05, 0) is 54.4 Å². The molecular weight excluding hydrogens is 333 g/mol. The highest BCUT2D eigenvalue weighted by molar-refractivity contribution is 9.10. The Morgan fingerprint density at radius 1 is 1.19 bits per heavy atom. The van der Waals surface area contributed by atoms with Crippen LogP contribution in [0.5, 0.6) is 5.75 Å². The van der Waals surface area contributed by atoms with E-state index in [1.807, 2.05) is 18.2 Å².